The lowest BCUT2D eigenvalue weighted by Gasteiger charge is -2.11. The van der Waals surface area contributed by atoms with Crippen molar-refractivity contribution >= 4 is 10.8 Å². The summed E-state index contributed by atoms with van der Waals surface area (Å²) < 4.78 is 69.8. The van der Waals surface area contributed by atoms with Crippen molar-refractivity contribution in [3.8, 4) is 5.75 Å². The lowest BCUT2D eigenvalue weighted by atomic mass is 9.97. The maximum absolute atomic E-state index is 15.2. The summed E-state index contributed by atoms with van der Waals surface area (Å²) in [5.74, 6) is -2.34. The quantitative estimate of drug-likeness (QED) is 0.153. The molecule has 1 aromatic heterocycles. The fourth-order valence-electron chi connectivity index (χ4n) is 4.36. The van der Waals surface area contributed by atoms with E-state index in [4.69, 9.17) is 0 Å². The number of rotatable bonds is 10. The minimum absolute atomic E-state index is 0.269. The topological polar surface area (TPSA) is 22.1 Å². The van der Waals surface area contributed by atoms with Crippen LogP contribution in [-0.4, -0.2) is 11.3 Å². The predicted molar refractivity (Wildman–Crippen MR) is 139 cm³/mol. The highest BCUT2D eigenvalue weighted by molar-refractivity contribution is 5.84. The summed E-state index contributed by atoms with van der Waals surface area (Å²) in [6.07, 6.45) is 5.22. The first-order valence-corrected chi connectivity index (χ1v) is 12.5. The van der Waals surface area contributed by atoms with Crippen molar-refractivity contribution in [3.63, 3.8) is 0 Å². The lowest BCUT2D eigenvalue weighted by molar-refractivity contribution is -0.275. The van der Waals surface area contributed by atoms with E-state index in [0.29, 0.717) is 16.5 Å². The molecule has 3 aromatic carbocycles. The number of ether oxygens (including phenoxy) is 1. The van der Waals surface area contributed by atoms with Crippen molar-refractivity contribution in [1.29, 1.82) is 0 Å². The van der Waals surface area contributed by atoms with Gasteiger partial charge in [-0.2, -0.15) is 0 Å². The van der Waals surface area contributed by atoms with Gasteiger partial charge in [0.2, 0.25) is 0 Å². The zero-order chi connectivity index (χ0) is 27.1. The number of hydrogen-bond acceptors (Lipinski definition) is 2. The standard InChI is InChI=1S/C31H28F5NO/c1-2-3-4-5-23-8-15-26(37-20-23)14-7-21-9-16-27-25(18-21)13-12-24(30(27)33)11-6-22-10-17-29(28(32)19-22)38-31(34,35)36/h2-3,8-10,12-13,15-20H,4-7,11,14H2,1H3/b3-2+. The number of fused-ring (bicyclic) bond motifs is 1. The van der Waals surface area contributed by atoms with Crippen molar-refractivity contribution in [2.24, 2.45) is 0 Å². The van der Waals surface area contributed by atoms with Crippen LogP contribution in [0, 0.1) is 11.6 Å². The van der Waals surface area contributed by atoms with Crippen LogP contribution in [0.3, 0.4) is 0 Å². The second-order valence-corrected chi connectivity index (χ2v) is 9.17. The summed E-state index contributed by atoms with van der Waals surface area (Å²) in [6, 6.07) is 16.7. The van der Waals surface area contributed by atoms with Crippen LogP contribution in [0.4, 0.5) is 22.0 Å². The van der Waals surface area contributed by atoms with Gasteiger partial charge in [-0.3, -0.25) is 4.98 Å². The molecule has 0 aliphatic heterocycles. The minimum Gasteiger partial charge on any atom is -0.403 e. The third-order valence-electron chi connectivity index (χ3n) is 6.39. The molecule has 0 fully saturated rings. The van der Waals surface area contributed by atoms with Crippen molar-refractivity contribution in [2.45, 2.75) is 51.8 Å². The number of allylic oxidation sites excluding steroid dienone is 2. The van der Waals surface area contributed by atoms with Gasteiger partial charge in [-0.05, 0) is 91.3 Å². The minimum atomic E-state index is -4.97. The van der Waals surface area contributed by atoms with E-state index >= 15 is 4.39 Å². The first kappa shape index (κ1) is 27.3. The molecule has 0 saturated heterocycles. The monoisotopic (exact) mass is 525 g/mol. The fraction of sp³-hybridized carbons (Fsp3) is 0.258. The molecule has 0 spiro atoms. The highest BCUT2D eigenvalue weighted by Crippen LogP contribution is 2.28. The molecule has 198 valence electrons. The summed E-state index contributed by atoms with van der Waals surface area (Å²) in [4.78, 5) is 4.57. The maximum atomic E-state index is 15.2. The number of aromatic nitrogens is 1. The van der Waals surface area contributed by atoms with E-state index in [1.54, 1.807) is 12.1 Å². The number of aryl methyl sites for hydroxylation is 5. The smallest absolute Gasteiger partial charge is 0.403 e. The van der Waals surface area contributed by atoms with E-state index < -0.39 is 17.9 Å². The number of pyridine rings is 1. The Morgan fingerprint density at radius 1 is 0.789 bits per heavy atom. The molecular formula is C31H28F5NO. The van der Waals surface area contributed by atoms with Gasteiger partial charge >= 0.3 is 6.36 Å². The molecule has 0 saturated carbocycles. The average molecular weight is 526 g/mol. The van der Waals surface area contributed by atoms with E-state index in [0.717, 1.165) is 54.5 Å². The van der Waals surface area contributed by atoms with Crippen molar-refractivity contribution < 1.29 is 26.7 Å². The average Bonchev–Trinajstić information content (AvgIpc) is 2.89. The van der Waals surface area contributed by atoms with Gasteiger partial charge in [0.15, 0.2) is 11.6 Å². The summed E-state index contributed by atoms with van der Waals surface area (Å²) in [5, 5.41) is 1.28. The van der Waals surface area contributed by atoms with Gasteiger partial charge in [0.25, 0.3) is 0 Å². The molecule has 0 aliphatic carbocycles. The molecule has 0 radical (unpaired) electrons. The summed E-state index contributed by atoms with van der Waals surface area (Å²) in [7, 11) is 0. The van der Waals surface area contributed by atoms with E-state index in [1.807, 2.05) is 37.4 Å². The van der Waals surface area contributed by atoms with Crippen LogP contribution in [-0.2, 0) is 32.1 Å². The molecular weight excluding hydrogens is 497 g/mol. The van der Waals surface area contributed by atoms with Gasteiger partial charge < -0.3 is 4.74 Å². The number of nitrogens with zero attached hydrogens (tertiary/aromatic N) is 1. The van der Waals surface area contributed by atoms with E-state index in [9.17, 15) is 17.6 Å². The Morgan fingerprint density at radius 2 is 1.53 bits per heavy atom. The SMILES string of the molecule is C/C=C/CCc1ccc(CCc2ccc3c(F)c(CCc4ccc(OC(F)(F)F)c(F)c4)ccc3c2)nc1. The van der Waals surface area contributed by atoms with Gasteiger partial charge in [-0.15, -0.1) is 13.2 Å². The molecule has 4 rings (SSSR count). The van der Waals surface area contributed by atoms with Crippen LogP contribution in [0.1, 0.15) is 41.3 Å². The molecule has 2 nitrogen and oxygen atoms in total. The number of alkyl halides is 3. The Bertz CT molecular complexity index is 1410. The zero-order valence-electron chi connectivity index (χ0n) is 21.0. The van der Waals surface area contributed by atoms with E-state index in [1.165, 1.54) is 11.6 Å². The van der Waals surface area contributed by atoms with Crippen molar-refractivity contribution in [3.05, 3.63) is 119 Å². The van der Waals surface area contributed by atoms with Gasteiger partial charge in [-0.25, -0.2) is 8.78 Å². The third-order valence-corrected chi connectivity index (χ3v) is 6.39. The first-order valence-electron chi connectivity index (χ1n) is 12.5. The van der Waals surface area contributed by atoms with E-state index in [-0.39, 0.29) is 18.7 Å². The van der Waals surface area contributed by atoms with Crippen LogP contribution >= 0.6 is 0 Å². The van der Waals surface area contributed by atoms with Crippen LogP contribution in [0.25, 0.3) is 10.8 Å². The number of hydrogen-bond donors (Lipinski definition) is 0. The molecule has 0 amide bonds. The van der Waals surface area contributed by atoms with Crippen LogP contribution in [0.5, 0.6) is 5.75 Å². The second kappa shape index (κ2) is 12.2. The van der Waals surface area contributed by atoms with Crippen LogP contribution in [0.15, 0.2) is 79.0 Å². The molecule has 0 aliphatic rings. The van der Waals surface area contributed by atoms with Gasteiger partial charge in [0, 0.05) is 17.3 Å². The molecule has 0 unspecified atom stereocenters. The Balaban J connectivity index is 1.37. The van der Waals surface area contributed by atoms with Gasteiger partial charge in [-0.1, -0.05) is 54.6 Å². The van der Waals surface area contributed by atoms with E-state index in [2.05, 4.69) is 27.9 Å². The Hall–Kier alpha value is -3.74. The maximum Gasteiger partial charge on any atom is 0.573 e. The van der Waals surface area contributed by atoms with Crippen LogP contribution in [0.2, 0.25) is 0 Å². The normalized spacial score (nSPS) is 11.9. The molecule has 0 atom stereocenters. The summed E-state index contributed by atoms with van der Waals surface area (Å²) in [5.41, 5.74) is 4.21. The first-order chi connectivity index (χ1) is 18.2. The fourth-order valence-corrected chi connectivity index (χ4v) is 4.36. The van der Waals surface area contributed by atoms with Gasteiger partial charge in [0.05, 0.1) is 0 Å². The highest BCUT2D eigenvalue weighted by atomic mass is 19.4. The molecule has 7 heteroatoms. The number of benzene rings is 3. The molecule has 4 aromatic rings. The van der Waals surface area contributed by atoms with Gasteiger partial charge in [0.1, 0.15) is 5.82 Å². The largest absolute Gasteiger partial charge is 0.573 e. The molecule has 0 bridgehead atoms. The van der Waals surface area contributed by atoms with Crippen LogP contribution < -0.4 is 4.74 Å². The number of halogens is 5. The summed E-state index contributed by atoms with van der Waals surface area (Å²) >= 11 is 0. The third kappa shape index (κ3) is 7.40. The van der Waals surface area contributed by atoms with Crippen molar-refractivity contribution in [1.82, 2.24) is 4.98 Å². The molecule has 0 N–H and O–H groups in total. The molecule has 38 heavy (non-hydrogen) atoms. The highest BCUT2D eigenvalue weighted by Gasteiger charge is 2.32. The predicted octanol–water partition coefficient (Wildman–Crippen LogP) is 8.49. The Labute approximate surface area is 218 Å². The zero-order valence-corrected chi connectivity index (χ0v) is 21.0. The molecule has 1 heterocycles. The second-order valence-electron chi connectivity index (χ2n) is 9.17. The Kier molecular flexibility index (Phi) is 8.77. The summed E-state index contributed by atoms with van der Waals surface area (Å²) in [6.45, 7) is 2.01. The Morgan fingerprint density at radius 3 is 2.24 bits per heavy atom. The lowest BCUT2D eigenvalue weighted by Crippen LogP contribution is -2.18. The van der Waals surface area contributed by atoms with Crippen molar-refractivity contribution in [2.75, 3.05) is 0 Å².